The highest BCUT2D eigenvalue weighted by molar-refractivity contribution is 5.35. The van der Waals surface area contributed by atoms with Crippen LogP contribution in [0.1, 0.15) is 37.8 Å². The van der Waals surface area contributed by atoms with Crippen molar-refractivity contribution in [2.45, 2.75) is 45.6 Å². The lowest BCUT2D eigenvalue weighted by Crippen LogP contribution is -2.16. The number of hydrogen-bond acceptors (Lipinski definition) is 2. The standard InChI is InChI=1S/C19H24O2/c1-3-4-9-16-10-6-8-13-19(16)21-15(2)14-17-11-5-7-12-18(17)20/h5-8,10-13,15,20H,3-4,9,14H2,1-2H3. The molecule has 2 rings (SSSR count). The number of rotatable bonds is 7. The fourth-order valence-corrected chi connectivity index (χ4v) is 2.44. The van der Waals surface area contributed by atoms with Gasteiger partial charge in [0.15, 0.2) is 0 Å². The second-order valence-corrected chi connectivity index (χ2v) is 5.47. The van der Waals surface area contributed by atoms with Crippen molar-refractivity contribution >= 4 is 0 Å². The molecular weight excluding hydrogens is 260 g/mol. The molecule has 0 aliphatic carbocycles. The topological polar surface area (TPSA) is 29.5 Å². The van der Waals surface area contributed by atoms with Gasteiger partial charge in [0, 0.05) is 6.42 Å². The molecule has 0 heterocycles. The van der Waals surface area contributed by atoms with Crippen molar-refractivity contribution in [3.63, 3.8) is 0 Å². The highest BCUT2D eigenvalue weighted by atomic mass is 16.5. The molecule has 0 bridgehead atoms. The summed E-state index contributed by atoms with van der Waals surface area (Å²) in [5.74, 6) is 1.31. The Morgan fingerprint density at radius 1 is 1.00 bits per heavy atom. The van der Waals surface area contributed by atoms with Crippen LogP contribution in [0.15, 0.2) is 48.5 Å². The first-order valence-electron chi connectivity index (χ1n) is 7.72. The van der Waals surface area contributed by atoms with Crippen LogP contribution in [0, 0.1) is 0 Å². The zero-order valence-corrected chi connectivity index (χ0v) is 12.9. The van der Waals surface area contributed by atoms with Gasteiger partial charge in [-0.1, -0.05) is 49.7 Å². The molecule has 0 saturated heterocycles. The summed E-state index contributed by atoms with van der Waals surface area (Å²) in [6.45, 7) is 4.24. The third-order valence-corrected chi connectivity index (χ3v) is 3.60. The molecule has 2 aromatic rings. The molecule has 1 N–H and O–H groups in total. The van der Waals surface area contributed by atoms with Crippen molar-refractivity contribution in [3.05, 3.63) is 59.7 Å². The van der Waals surface area contributed by atoms with Gasteiger partial charge >= 0.3 is 0 Å². The number of para-hydroxylation sites is 2. The van der Waals surface area contributed by atoms with Crippen molar-refractivity contribution in [1.29, 1.82) is 0 Å². The largest absolute Gasteiger partial charge is 0.508 e. The summed E-state index contributed by atoms with van der Waals surface area (Å²) in [7, 11) is 0. The molecular formula is C19H24O2. The first-order chi connectivity index (χ1) is 10.2. The summed E-state index contributed by atoms with van der Waals surface area (Å²) in [5.41, 5.74) is 2.19. The maximum absolute atomic E-state index is 9.84. The minimum Gasteiger partial charge on any atom is -0.508 e. The number of phenolic OH excluding ortho intramolecular Hbond substituents is 1. The zero-order valence-electron chi connectivity index (χ0n) is 12.9. The Hall–Kier alpha value is -1.96. The second kappa shape index (κ2) is 7.72. The maximum atomic E-state index is 9.84. The molecule has 2 nitrogen and oxygen atoms in total. The van der Waals surface area contributed by atoms with E-state index in [1.807, 2.05) is 37.3 Å². The molecule has 1 atom stereocenters. The van der Waals surface area contributed by atoms with Gasteiger partial charge in [0.05, 0.1) is 0 Å². The minimum absolute atomic E-state index is 0.0288. The lowest BCUT2D eigenvalue weighted by molar-refractivity contribution is 0.218. The van der Waals surface area contributed by atoms with Gasteiger partial charge in [-0.05, 0) is 43.0 Å². The minimum atomic E-state index is 0.0288. The normalized spacial score (nSPS) is 12.1. The number of ether oxygens (including phenoxy) is 1. The van der Waals surface area contributed by atoms with Crippen molar-refractivity contribution in [2.75, 3.05) is 0 Å². The fraction of sp³-hybridized carbons (Fsp3) is 0.368. The molecule has 0 aromatic heterocycles. The quantitative estimate of drug-likeness (QED) is 0.795. The Morgan fingerprint density at radius 2 is 1.67 bits per heavy atom. The number of aryl methyl sites for hydroxylation is 1. The summed E-state index contributed by atoms with van der Waals surface area (Å²) < 4.78 is 6.09. The van der Waals surface area contributed by atoms with Crippen LogP contribution in [0.5, 0.6) is 11.5 Å². The van der Waals surface area contributed by atoms with E-state index in [1.54, 1.807) is 6.07 Å². The molecule has 1 unspecified atom stereocenters. The van der Waals surface area contributed by atoms with E-state index < -0.39 is 0 Å². The highest BCUT2D eigenvalue weighted by Crippen LogP contribution is 2.24. The summed E-state index contributed by atoms with van der Waals surface area (Å²) in [4.78, 5) is 0. The van der Waals surface area contributed by atoms with E-state index in [-0.39, 0.29) is 6.10 Å². The molecule has 0 radical (unpaired) electrons. The predicted octanol–water partition coefficient (Wildman–Crippen LogP) is 4.74. The monoisotopic (exact) mass is 284 g/mol. The van der Waals surface area contributed by atoms with Crippen molar-refractivity contribution in [2.24, 2.45) is 0 Å². The number of benzene rings is 2. The van der Waals surface area contributed by atoms with Crippen molar-refractivity contribution < 1.29 is 9.84 Å². The Kier molecular flexibility index (Phi) is 5.68. The molecule has 0 fully saturated rings. The number of phenols is 1. The molecule has 0 saturated carbocycles. The predicted molar refractivity (Wildman–Crippen MR) is 87.0 cm³/mol. The van der Waals surface area contributed by atoms with Crippen LogP contribution in [-0.4, -0.2) is 11.2 Å². The van der Waals surface area contributed by atoms with E-state index in [9.17, 15) is 5.11 Å². The third-order valence-electron chi connectivity index (χ3n) is 3.60. The van der Waals surface area contributed by atoms with Crippen LogP contribution in [0.2, 0.25) is 0 Å². The van der Waals surface area contributed by atoms with Crippen LogP contribution in [0.3, 0.4) is 0 Å². The Labute approximate surface area is 127 Å². The van der Waals surface area contributed by atoms with E-state index in [1.165, 1.54) is 18.4 Å². The van der Waals surface area contributed by atoms with E-state index in [4.69, 9.17) is 4.74 Å². The van der Waals surface area contributed by atoms with Gasteiger partial charge in [-0.2, -0.15) is 0 Å². The first-order valence-corrected chi connectivity index (χ1v) is 7.72. The SMILES string of the molecule is CCCCc1ccccc1OC(C)Cc1ccccc1O. The molecule has 112 valence electrons. The third kappa shape index (κ3) is 4.52. The average molecular weight is 284 g/mol. The van der Waals surface area contributed by atoms with Crippen LogP contribution in [0.4, 0.5) is 0 Å². The number of aromatic hydroxyl groups is 1. The molecule has 2 heteroatoms. The average Bonchev–Trinajstić information content (AvgIpc) is 2.49. The van der Waals surface area contributed by atoms with Crippen LogP contribution < -0.4 is 4.74 Å². The Balaban J connectivity index is 2.02. The van der Waals surface area contributed by atoms with Gasteiger partial charge in [0.2, 0.25) is 0 Å². The van der Waals surface area contributed by atoms with Gasteiger partial charge in [-0.25, -0.2) is 0 Å². The zero-order chi connectivity index (χ0) is 15.1. The maximum Gasteiger partial charge on any atom is 0.122 e. The lowest BCUT2D eigenvalue weighted by Gasteiger charge is -2.18. The first kappa shape index (κ1) is 15.4. The molecule has 0 amide bonds. The van der Waals surface area contributed by atoms with Crippen molar-refractivity contribution in [3.8, 4) is 11.5 Å². The van der Waals surface area contributed by atoms with Crippen molar-refractivity contribution in [1.82, 2.24) is 0 Å². The summed E-state index contributed by atoms with van der Waals surface area (Å²) in [6, 6.07) is 15.7. The van der Waals surface area contributed by atoms with E-state index >= 15 is 0 Å². The molecule has 0 aliphatic rings. The lowest BCUT2D eigenvalue weighted by atomic mass is 10.1. The van der Waals surface area contributed by atoms with E-state index in [2.05, 4.69) is 19.1 Å². The van der Waals surface area contributed by atoms with Gasteiger partial charge in [0.25, 0.3) is 0 Å². The second-order valence-electron chi connectivity index (χ2n) is 5.47. The summed E-state index contributed by atoms with van der Waals surface area (Å²) >= 11 is 0. The Morgan fingerprint density at radius 3 is 2.38 bits per heavy atom. The highest BCUT2D eigenvalue weighted by Gasteiger charge is 2.10. The van der Waals surface area contributed by atoms with Gasteiger partial charge < -0.3 is 9.84 Å². The Bertz CT molecular complexity index is 563. The van der Waals surface area contributed by atoms with E-state index in [0.717, 1.165) is 17.7 Å². The van der Waals surface area contributed by atoms with Crippen LogP contribution in [-0.2, 0) is 12.8 Å². The van der Waals surface area contributed by atoms with Gasteiger partial charge in [-0.3, -0.25) is 0 Å². The van der Waals surface area contributed by atoms with E-state index in [0.29, 0.717) is 12.2 Å². The summed E-state index contributed by atoms with van der Waals surface area (Å²) in [5, 5.41) is 9.84. The smallest absolute Gasteiger partial charge is 0.122 e. The molecule has 0 aliphatic heterocycles. The van der Waals surface area contributed by atoms with Gasteiger partial charge in [-0.15, -0.1) is 0 Å². The number of hydrogen-bond donors (Lipinski definition) is 1. The fourth-order valence-electron chi connectivity index (χ4n) is 2.44. The van der Waals surface area contributed by atoms with Gasteiger partial charge in [0.1, 0.15) is 17.6 Å². The molecule has 21 heavy (non-hydrogen) atoms. The molecule has 0 spiro atoms. The van der Waals surface area contributed by atoms with Crippen LogP contribution in [0.25, 0.3) is 0 Å². The summed E-state index contributed by atoms with van der Waals surface area (Å²) in [6.07, 6.45) is 4.14. The number of unbranched alkanes of at least 4 members (excludes halogenated alkanes) is 1. The van der Waals surface area contributed by atoms with Crippen LogP contribution >= 0.6 is 0 Å². The molecule has 2 aromatic carbocycles.